The summed E-state index contributed by atoms with van der Waals surface area (Å²) in [6, 6.07) is 14.0. The first-order valence-electron chi connectivity index (χ1n) is 10.5. The van der Waals surface area contributed by atoms with Crippen molar-refractivity contribution in [3.8, 4) is 11.5 Å². The maximum atomic E-state index is 12.0. The minimum atomic E-state index is -0.434. The molecule has 32 heavy (non-hydrogen) atoms. The second-order valence-corrected chi connectivity index (χ2v) is 7.06. The van der Waals surface area contributed by atoms with Crippen LogP contribution in [0.2, 0.25) is 0 Å². The Kier molecular flexibility index (Phi) is 10.5. The van der Waals surface area contributed by atoms with Crippen LogP contribution in [0.1, 0.15) is 49.7 Å². The molecule has 0 aliphatic rings. The fraction of sp³-hybridized carbons (Fsp3) is 0.269. The smallest absolute Gasteiger partial charge is 0.330 e. The van der Waals surface area contributed by atoms with Gasteiger partial charge in [0.1, 0.15) is 11.5 Å². The molecule has 0 amide bonds. The summed E-state index contributed by atoms with van der Waals surface area (Å²) < 4.78 is 15.1. The van der Waals surface area contributed by atoms with E-state index in [-0.39, 0.29) is 11.9 Å². The van der Waals surface area contributed by atoms with Crippen molar-refractivity contribution in [2.45, 2.75) is 38.5 Å². The summed E-state index contributed by atoms with van der Waals surface area (Å²) in [6.45, 7) is 3.68. The van der Waals surface area contributed by atoms with Crippen molar-refractivity contribution < 1.29 is 28.6 Å². The molecule has 0 bridgehead atoms. The average molecular weight is 437 g/mol. The topological polar surface area (TPSA) is 78.9 Å². The zero-order valence-electron chi connectivity index (χ0n) is 18.3. The lowest BCUT2D eigenvalue weighted by atomic mass is 10.1. The molecule has 168 valence electrons. The van der Waals surface area contributed by atoms with Gasteiger partial charge >= 0.3 is 17.9 Å². The molecule has 0 aliphatic carbocycles. The van der Waals surface area contributed by atoms with Gasteiger partial charge < -0.3 is 14.2 Å². The number of carbonyl (C=O) groups is 3. The fourth-order valence-corrected chi connectivity index (χ4v) is 2.81. The maximum absolute atomic E-state index is 12.0. The average Bonchev–Trinajstić information content (AvgIpc) is 2.81. The van der Waals surface area contributed by atoms with Crippen LogP contribution in [-0.2, 0) is 19.1 Å². The van der Waals surface area contributed by atoms with Crippen LogP contribution in [0.25, 0.3) is 12.2 Å². The van der Waals surface area contributed by atoms with Crippen LogP contribution in [0.15, 0.2) is 61.2 Å². The number of carbonyl (C=O) groups excluding carboxylic acids is 3. The third-order valence-corrected chi connectivity index (χ3v) is 4.58. The van der Waals surface area contributed by atoms with Crippen molar-refractivity contribution >= 4 is 30.1 Å². The minimum absolute atomic E-state index is 0.263. The second kappa shape index (κ2) is 13.6. The van der Waals surface area contributed by atoms with E-state index >= 15 is 0 Å². The lowest BCUT2D eigenvalue weighted by molar-refractivity contribution is -0.135. The Morgan fingerprint density at radius 1 is 0.750 bits per heavy atom. The Bertz CT molecular complexity index is 926. The largest absolute Gasteiger partial charge is 0.466 e. The zero-order valence-corrected chi connectivity index (χ0v) is 18.3. The summed E-state index contributed by atoms with van der Waals surface area (Å²) in [5.74, 6) is -0.0215. The van der Waals surface area contributed by atoms with Gasteiger partial charge in [-0.3, -0.25) is 9.59 Å². The van der Waals surface area contributed by atoms with Gasteiger partial charge in [-0.25, -0.2) is 4.79 Å². The Labute approximate surface area is 188 Å². The first-order chi connectivity index (χ1) is 15.5. The van der Waals surface area contributed by atoms with Crippen molar-refractivity contribution in [2.75, 3.05) is 7.11 Å². The van der Waals surface area contributed by atoms with Gasteiger partial charge in [-0.1, -0.05) is 49.8 Å². The number of benzene rings is 2. The van der Waals surface area contributed by atoms with Crippen molar-refractivity contribution in [3.05, 3.63) is 72.3 Å². The lowest BCUT2D eigenvalue weighted by Crippen LogP contribution is -2.08. The molecule has 0 N–H and O–H groups in total. The van der Waals surface area contributed by atoms with Crippen LogP contribution in [0.4, 0.5) is 0 Å². The SMILES string of the molecule is C=Cc1ccc(OC(=O)CCCCCCC(=O)Oc2ccc(/C=C/C(=O)OC)cc2)cc1. The number of esters is 3. The number of ether oxygens (including phenoxy) is 3. The van der Waals surface area contributed by atoms with Gasteiger partial charge in [0.05, 0.1) is 7.11 Å². The van der Waals surface area contributed by atoms with Gasteiger partial charge in [0.15, 0.2) is 0 Å². The fourth-order valence-electron chi connectivity index (χ4n) is 2.81. The molecule has 0 saturated carbocycles. The van der Waals surface area contributed by atoms with Crippen LogP contribution in [0.5, 0.6) is 11.5 Å². The third kappa shape index (κ3) is 9.43. The number of unbranched alkanes of at least 4 members (excludes halogenated alkanes) is 3. The van der Waals surface area contributed by atoms with Crippen LogP contribution in [0, 0.1) is 0 Å². The molecule has 0 saturated heterocycles. The monoisotopic (exact) mass is 436 g/mol. The van der Waals surface area contributed by atoms with Crippen LogP contribution >= 0.6 is 0 Å². The summed E-state index contributed by atoms with van der Waals surface area (Å²) in [7, 11) is 1.31. The maximum Gasteiger partial charge on any atom is 0.330 e. The quantitative estimate of drug-likeness (QED) is 0.193. The Balaban J connectivity index is 1.58. The van der Waals surface area contributed by atoms with Crippen LogP contribution < -0.4 is 9.47 Å². The van der Waals surface area contributed by atoms with E-state index in [0.29, 0.717) is 37.2 Å². The van der Waals surface area contributed by atoms with E-state index in [1.807, 2.05) is 12.1 Å². The van der Waals surface area contributed by atoms with E-state index in [0.717, 1.165) is 24.0 Å². The van der Waals surface area contributed by atoms with Gasteiger partial charge in [0, 0.05) is 18.9 Å². The third-order valence-electron chi connectivity index (χ3n) is 4.58. The van der Waals surface area contributed by atoms with Gasteiger partial charge in [-0.15, -0.1) is 0 Å². The molecule has 6 nitrogen and oxygen atoms in total. The van der Waals surface area contributed by atoms with E-state index in [2.05, 4.69) is 11.3 Å². The number of hydrogen-bond acceptors (Lipinski definition) is 6. The molecule has 6 heteroatoms. The molecular weight excluding hydrogens is 408 g/mol. The molecule has 0 spiro atoms. The van der Waals surface area contributed by atoms with Crippen LogP contribution in [0.3, 0.4) is 0 Å². The van der Waals surface area contributed by atoms with E-state index in [9.17, 15) is 14.4 Å². The zero-order chi connectivity index (χ0) is 23.2. The van der Waals surface area contributed by atoms with Gasteiger partial charge in [0.2, 0.25) is 0 Å². The second-order valence-electron chi connectivity index (χ2n) is 7.06. The molecule has 2 aromatic rings. The van der Waals surface area contributed by atoms with Gasteiger partial charge in [0.25, 0.3) is 0 Å². The molecule has 0 fully saturated rings. The summed E-state index contributed by atoms with van der Waals surface area (Å²) in [4.78, 5) is 34.9. The normalized spacial score (nSPS) is 10.5. The highest BCUT2D eigenvalue weighted by molar-refractivity contribution is 5.86. The van der Waals surface area contributed by atoms with E-state index in [4.69, 9.17) is 9.47 Å². The number of methoxy groups -OCH3 is 1. The van der Waals surface area contributed by atoms with Gasteiger partial charge in [-0.05, 0) is 54.3 Å². The van der Waals surface area contributed by atoms with Crippen molar-refractivity contribution in [2.24, 2.45) is 0 Å². The highest BCUT2D eigenvalue weighted by atomic mass is 16.5. The van der Waals surface area contributed by atoms with E-state index < -0.39 is 5.97 Å². The first kappa shape index (κ1) is 24.6. The molecule has 0 atom stereocenters. The molecule has 0 unspecified atom stereocenters. The number of hydrogen-bond donors (Lipinski definition) is 0. The van der Waals surface area contributed by atoms with E-state index in [1.165, 1.54) is 13.2 Å². The molecule has 0 radical (unpaired) electrons. The van der Waals surface area contributed by atoms with Gasteiger partial charge in [-0.2, -0.15) is 0 Å². The number of rotatable bonds is 12. The molecule has 0 aliphatic heterocycles. The molecular formula is C26H28O6. The molecule has 0 heterocycles. The predicted molar refractivity (Wildman–Crippen MR) is 123 cm³/mol. The summed E-state index contributed by atoms with van der Waals surface area (Å²) in [6.07, 6.45) is 8.37. The van der Waals surface area contributed by atoms with Crippen molar-refractivity contribution in [3.63, 3.8) is 0 Å². The molecule has 0 aromatic heterocycles. The Hall–Kier alpha value is -3.67. The molecule has 2 rings (SSSR count). The highest BCUT2D eigenvalue weighted by Gasteiger charge is 2.07. The summed E-state index contributed by atoms with van der Waals surface area (Å²) in [5.41, 5.74) is 1.76. The standard InChI is InChI=1S/C26H28O6/c1-3-20-10-15-22(16-11-20)31-25(28)8-6-4-5-7-9-26(29)32-23-17-12-21(13-18-23)14-19-24(27)30-2/h3,10-19H,1,4-9H2,2H3/b19-14+. The first-order valence-corrected chi connectivity index (χ1v) is 10.5. The predicted octanol–water partition coefficient (Wildman–Crippen LogP) is 5.37. The summed E-state index contributed by atoms with van der Waals surface area (Å²) >= 11 is 0. The Morgan fingerprint density at radius 3 is 1.66 bits per heavy atom. The highest BCUT2D eigenvalue weighted by Crippen LogP contribution is 2.16. The Morgan fingerprint density at radius 2 is 1.22 bits per heavy atom. The minimum Gasteiger partial charge on any atom is -0.466 e. The molecule has 2 aromatic carbocycles. The van der Waals surface area contributed by atoms with Crippen LogP contribution in [-0.4, -0.2) is 25.0 Å². The lowest BCUT2D eigenvalue weighted by Gasteiger charge is -2.06. The van der Waals surface area contributed by atoms with Crippen molar-refractivity contribution in [1.82, 2.24) is 0 Å². The van der Waals surface area contributed by atoms with Crippen molar-refractivity contribution in [1.29, 1.82) is 0 Å². The van der Waals surface area contributed by atoms with E-state index in [1.54, 1.807) is 48.6 Å². The summed E-state index contributed by atoms with van der Waals surface area (Å²) in [5, 5.41) is 0.